The van der Waals surface area contributed by atoms with Crippen molar-refractivity contribution in [3.05, 3.63) is 0 Å². The second-order valence-corrected chi connectivity index (χ2v) is 5.41. The Morgan fingerprint density at radius 3 is 2.24 bits per heavy atom. The Labute approximate surface area is 124 Å². The number of ether oxygens (including phenoxy) is 1. The van der Waals surface area contributed by atoms with E-state index >= 15 is 0 Å². The van der Waals surface area contributed by atoms with E-state index in [1.807, 2.05) is 0 Å². The van der Waals surface area contributed by atoms with Crippen LogP contribution in [0, 0.1) is 5.92 Å². The Hall–Kier alpha value is -1.79. The van der Waals surface area contributed by atoms with Crippen molar-refractivity contribution in [1.82, 2.24) is 15.1 Å². The molecule has 1 aliphatic carbocycles. The minimum Gasteiger partial charge on any atom is -0.450 e. The van der Waals surface area contributed by atoms with E-state index in [9.17, 15) is 14.4 Å². The highest BCUT2D eigenvalue weighted by atomic mass is 16.6. The third kappa shape index (κ3) is 4.09. The Balaban J connectivity index is 1.67. The number of hydrogen-bond acceptors (Lipinski definition) is 4. The van der Waals surface area contributed by atoms with Gasteiger partial charge in [-0.3, -0.25) is 9.59 Å². The summed E-state index contributed by atoms with van der Waals surface area (Å²) in [6.07, 6.45) is 2.63. The van der Waals surface area contributed by atoms with Crippen molar-refractivity contribution in [1.29, 1.82) is 0 Å². The quantitative estimate of drug-likeness (QED) is 0.804. The number of nitrogens with zero attached hydrogens (tertiary/aromatic N) is 2. The van der Waals surface area contributed by atoms with Gasteiger partial charge in [0.2, 0.25) is 11.8 Å². The van der Waals surface area contributed by atoms with Gasteiger partial charge in [0.15, 0.2) is 0 Å². The van der Waals surface area contributed by atoms with E-state index in [1.54, 1.807) is 16.7 Å². The first-order chi connectivity index (χ1) is 10.1. The summed E-state index contributed by atoms with van der Waals surface area (Å²) in [5.74, 6) is -0.00981. The van der Waals surface area contributed by atoms with E-state index in [0.29, 0.717) is 32.8 Å². The molecule has 3 amide bonds. The van der Waals surface area contributed by atoms with E-state index in [1.165, 1.54) is 0 Å². The molecule has 1 saturated heterocycles. The van der Waals surface area contributed by atoms with Crippen molar-refractivity contribution < 1.29 is 19.1 Å². The number of hydrogen-bond donors (Lipinski definition) is 1. The third-order valence-electron chi connectivity index (χ3n) is 4.05. The molecule has 7 heteroatoms. The first-order valence-electron chi connectivity index (χ1n) is 7.59. The van der Waals surface area contributed by atoms with E-state index in [-0.39, 0.29) is 30.4 Å². The molecule has 0 atom stereocenters. The lowest BCUT2D eigenvalue weighted by Gasteiger charge is -2.34. The smallest absolute Gasteiger partial charge is 0.409 e. The van der Waals surface area contributed by atoms with Crippen LogP contribution in [0.25, 0.3) is 0 Å². The molecule has 0 aromatic rings. The summed E-state index contributed by atoms with van der Waals surface area (Å²) >= 11 is 0. The average Bonchev–Trinajstić information content (AvgIpc) is 2.43. The number of carbonyl (C=O) groups is 3. The van der Waals surface area contributed by atoms with Crippen LogP contribution in [0.2, 0.25) is 0 Å². The molecule has 2 fully saturated rings. The van der Waals surface area contributed by atoms with Crippen molar-refractivity contribution >= 4 is 17.9 Å². The largest absolute Gasteiger partial charge is 0.450 e. The maximum absolute atomic E-state index is 12.0. The Bertz CT molecular complexity index is 401. The van der Waals surface area contributed by atoms with E-state index in [2.05, 4.69) is 5.32 Å². The fourth-order valence-corrected chi connectivity index (χ4v) is 2.44. The van der Waals surface area contributed by atoms with Crippen molar-refractivity contribution in [3.63, 3.8) is 0 Å². The van der Waals surface area contributed by atoms with Gasteiger partial charge in [-0.05, 0) is 19.8 Å². The van der Waals surface area contributed by atoms with E-state index < -0.39 is 0 Å². The number of nitrogens with one attached hydrogen (secondary N) is 1. The maximum Gasteiger partial charge on any atom is 0.409 e. The molecule has 2 aliphatic rings. The molecule has 1 saturated carbocycles. The highest BCUT2D eigenvalue weighted by Crippen LogP contribution is 2.26. The van der Waals surface area contributed by atoms with Gasteiger partial charge in [0.05, 0.1) is 13.2 Å². The fourth-order valence-electron chi connectivity index (χ4n) is 2.44. The summed E-state index contributed by atoms with van der Waals surface area (Å²) in [5, 5.41) is 2.70. The third-order valence-corrected chi connectivity index (χ3v) is 4.05. The molecule has 7 nitrogen and oxygen atoms in total. The molecule has 1 N–H and O–H groups in total. The van der Waals surface area contributed by atoms with Gasteiger partial charge < -0.3 is 19.9 Å². The monoisotopic (exact) mass is 297 g/mol. The minimum atomic E-state index is -0.331. The summed E-state index contributed by atoms with van der Waals surface area (Å²) in [6, 6.07) is 0. The first-order valence-corrected chi connectivity index (χ1v) is 7.59. The molecule has 0 aromatic heterocycles. The molecule has 0 aromatic carbocycles. The van der Waals surface area contributed by atoms with Crippen LogP contribution in [0.1, 0.15) is 26.2 Å². The van der Waals surface area contributed by atoms with Crippen LogP contribution >= 0.6 is 0 Å². The Morgan fingerprint density at radius 2 is 1.71 bits per heavy atom. The molecular weight excluding hydrogens is 274 g/mol. The molecule has 118 valence electrons. The van der Waals surface area contributed by atoms with Gasteiger partial charge >= 0.3 is 6.09 Å². The number of rotatable bonds is 4. The van der Waals surface area contributed by atoms with Crippen molar-refractivity contribution in [2.75, 3.05) is 39.3 Å². The van der Waals surface area contributed by atoms with Crippen molar-refractivity contribution in [2.24, 2.45) is 5.92 Å². The maximum atomic E-state index is 12.0. The average molecular weight is 297 g/mol. The summed E-state index contributed by atoms with van der Waals surface area (Å²) in [5.41, 5.74) is 0. The van der Waals surface area contributed by atoms with Crippen LogP contribution in [0.4, 0.5) is 4.79 Å². The predicted molar refractivity (Wildman–Crippen MR) is 75.5 cm³/mol. The number of piperazine rings is 1. The van der Waals surface area contributed by atoms with E-state index in [0.717, 1.165) is 19.3 Å². The topological polar surface area (TPSA) is 79.0 Å². The number of amides is 3. The van der Waals surface area contributed by atoms with Gasteiger partial charge in [0.25, 0.3) is 0 Å². The normalized spacial score (nSPS) is 18.9. The highest BCUT2D eigenvalue weighted by Gasteiger charge is 2.27. The molecular formula is C14H23N3O4. The zero-order valence-corrected chi connectivity index (χ0v) is 12.5. The summed E-state index contributed by atoms with van der Waals surface area (Å²) < 4.78 is 4.93. The van der Waals surface area contributed by atoms with Gasteiger partial charge in [-0.2, -0.15) is 0 Å². The molecule has 0 radical (unpaired) electrons. The lowest BCUT2D eigenvalue weighted by molar-refractivity contribution is -0.135. The molecule has 1 aliphatic heterocycles. The summed E-state index contributed by atoms with van der Waals surface area (Å²) in [6.45, 7) is 4.08. The number of carbonyl (C=O) groups excluding carboxylic acids is 3. The standard InChI is InChI=1S/C14H23N3O4/c1-2-21-14(20)17-8-6-16(7-9-17)12(18)10-15-13(19)11-4-3-5-11/h11H,2-10H2,1H3,(H,15,19). The van der Waals surface area contributed by atoms with Crippen LogP contribution in [-0.4, -0.2) is 67.0 Å². The van der Waals surface area contributed by atoms with Crippen LogP contribution in [0.5, 0.6) is 0 Å². The van der Waals surface area contributed by atoms with Gasteiger partial charge in [0.1, 0.15) is 0 Å². The second kappa shape index (κ2) is 7.28. The molecule has 0 bridgehead atoms. The molecule has 1 heterocycles. The molecule has 2 rings (SSSR count). The van der Waals surface area contributed by atoms with Gasteiger partial charge in [-0.25, -0.2) is 4.79 Å². The lowest BCUT2D eigenvalue weighted by Crippen LogP contribution is -2.53. The van der Waals surface area contributed by atoms with Crippen LogP contribution in [-0.2, 0) is 14.3 Å². The van der Waals surface area contributed by atoms with Gasteiger partial charge in [-0.1, -0.05) is 6.42 Å². The second-order valence-electron chi connectivity index (χ2n) is 5.41. The first kappa shape index (κ1) is 15.6. The van der Waals surface area contributed by atoms with Crippen LogP contribution < -0.4 is 5.32 Å². The zero-order valence-electron chi connectivity index (χ0n) is 12.5. The van der Waals surface area contributed by atoms with Crippen LogP contribution in [0.3, 0.4) is 0 Å². The Kier molecular flexibility index (Phi) is 5.41. The van der Waals surface area contributed by atoms with Crippen molar-refractivity contribution in [3.8, 4) is 0 Å². The minimum absolute atomic E-state index is 0.0141. The fraction of sp³-hybridized carbons (Fsp3) is 0.786. The lowest BCUT2D eigenvalue weighted by atomic mass is 9.85. The zero-order chi connectivity index (χ0) is 15.2. The Morgan fingerprint density at radius 1 is 1.10 bits per heavy atom. The van der Waals surface area contributed by atoms with E-state index in [4.69, 9.17) is 4.74 Å². The molecule has 21 heavy (non-hydrogen) atoms. The van der Waals surface area contributed by atoms with Gasteiger partial charge in [-0.15, -0.1) is 0 Å². The highest BCUT2D eigenvalue weighted by molar-refractivity contribution is 5.86. The van der Waals surface area contributed by atoms with Crippen LogP contribution in [0.15, 0.2) is 0 Å². The van der Waals surface area contributed by atoms with Gasteiger partial charge in [0, 0.05) is 32.1 Å². The summed E-state index contributed by atoms with van der Waals surface area (Å²) in [7, 11) is 0. The molecule has 0 unspecified atom stereocenters. The predicted octanol–water partition coefficient (Wildman–Crippen LogP) is 0.203. The molecule has 0 spiro atoms. The summed E-state index contributed by atoms with van der Waals surface area (Å²) in [4.78, 5) is 38.5. The SMILES string of the molecule is CCOC(=O)N1CCN(C(=O)CNC(=O)C2CCC2)CC1. The van der Waals surface area contributed by atoms with Crippen molar-refractivity contribution in [2.45, 2.75) is 26.2 Å².